The number of hydrogen-bond acceptors (Lipinski definition) is 6. The second kappa shape index (κ2) is 10.3. The van der Waals surface area contributed by atoms with E-state index in [0.717, 1.165) is 57.1 Å². The number of rotatable bonds is 8. The smallest absolute Gasteiger partial charge is 0.231 e. The Morgan fingerprint density at radius 3 is 2.49 bits per heavy atom. The highest BCUT2D eigenvalue weighted by atomic mass is 19.1. The zero-order valence-electron chi connectivity index (χ0n) is 21.5. The number of halogens is 1. The highest BCUT2D eigenvalue weighted by Crippen LogP contribution is 2.48. The molecule has 1 aromatic carbocycles. The maximum absolute atomic E-state index is 13.9. The molecule has 0 saturated heterocycles. The number of primary amides is 1. The predicted molar refractivity (Wildman–Crippen MR) is 137 cm³/mol. The van der Waals surface area contributed by atoms with Gasteiger partial charge in [-0.15, -0.1) is 0 Å². The molecule has 37 heavy (non-hydrogen) atoms. The first-order chi connectivity index (χ1) is 17.7. The third kappa shape index (κ3) is 4.87. The summed E-state index contributed by atoms with van der Waals surface area (Å²) in [6.45, 7) is 1.85. The van der Waals surface area contributed by atoms with Crippen molar-refractivity contribution in [2.24, 2.45) is 11.7 Å². The number of fused-ring (bicyclic) bond motifs is 1. The van der Waals surface area contributed by atoms with Crippen LogP contribution in [0.4, 0.5) is 4.39 Å². The summed E-state index contributed by atoms with van der Waals surface area (Å²) >= 11 is 0. The minimum absolute atomic E-state index is 0.0274. The average Bonchev–Trinajstić information content (AvgIpc) is 3.57. The number of nitrogens with one attached hydrogen (secondary N) is 1. The first-order valence-corrected chi connectivity index (χ1v) is 13.6. The number of hydrogen-bond donors (Lipinski definition) is 4. The maximum atomic E-state index is 13.9. The van der Waals surface area contributed by atoms with Crippen molar-refractivity contribution >= 4 is 5.91 Å². The molecule has 7 nitrogen and oxygen atoms in total. The van der Waals surface area contributed by atoms with Crippen LogP contribution < -0.4 is 15.8 Å². The standard InChI is InChI=1S/C29H38FN3O4/c1-28(27(31)35)17-37-25-22(28)15-23(33-24(25)18-7-5-6-8-18)29(36,20-11-13-21(30)14-12-20)16-32-26(34)19-9-3-2-4-10-19/h11-15,18-19,26,32,34,36H,2-10,16-17H2,1H3,(H2,31,35)/t26?,28-,29+/m0/s1. The third-order valence-electron chi connectivity index (χ3n) is 8.79. The normalized spacial score (nSPS) is 24.9. The van der Waals surface area contributed by atoms with Crippen LogP contribution in [0.25, 0.3) is 0 Å². The molecule has 2 heterocycles. The molecular weight excluding hydrogens is 473 g/mol. The average molecular weight is 512 g/mol. The van der Waals surface area contributed by atoms with Crippen molar-refractivity contribution in [1.82, 2.24) is 10.3 Å². The number of aromatic nitrogens is 1. The predicted octanol–water partition coefficient (Wildman–Crippen LogP) is 3.74. The fraction of sp³-hybridized carbons (Fsp3) is 0.586. The number of benzene rings is 1. The SMILES string of the molecule is C[C@]1(C(N)=O)COc2c1cc([C@@](O)(CNC(O)C1CCCCC1)c1ccc(F)cc1)nc2C1CCCC1. The number of amides is 1. The van der Waals surface area contributed by atoms with Gasteiger partial charge in [-0.3, -0.25) is 15.1 Å². The Labute approximate surface area is 217 Å². The molecule has 1 unspecified atom stereocenters. The van der Waals surface area contributed by atoms with Crippen molar-refractivity contribution in [3.05, 3.63) is 58.7 Å². The number of ether oxygens (including phenoxy) is 1. The van der Waals surface area contributed by atoms with Crippen LogP contribution in [-0.2, 0) is 15.8 Å². The number of carbonyl (C=O) groups excluding carboxylic acids is 1. The summed E-state index contributed by atoms with van der Waals surface area (Å²) in [7, 11) is 0. The van der Waals surface area contributed by atoms with E-state index in [1.165, 1.54) is 30.7 Å². The molecule has 200 valence electrons. The summed E-state index contributed by atoms with van der Waals surface area (Å²) in [4.78, 5) is 17.5. The lowest BCUT2D eigenvalue weighted by Gasteiger charge is -2.34. The number of carbonyl (C=O) groups is 1. The molecule has 2 aromatic rings. The van der Waals surface area contributed by atoms with Crippen LogP contribution in [0.5, 0.6) is 5.75 Å². The van der Waals surface area contributed by atoms with Crippen LogP contribution in [0.3, 0.4) is 0 Å². The van der Waals surface area contributed by atoms with Gasteiger partial charge >= 0.3 is 0 Å². The van der Waals surface area contributed by atoms with Crippen LogP contribution >= 0.6 is 0 Å². The molecule has 3 aliphatic rings. The Morgan fingerprint density at radius 2 is 1.84 bits per heavy atom. The van der Waals surface area contributed by atoms with E-state index >= 15 is 0 Å². The molecule has 5 rings (SSSR count). The first kappa shape index (κ1) is 26.1. The van der Waals surface area contributed by atoms with E-state index in [1.54, 1.807) is 13.0 Å². The largest absolute Gasteiger partial charge is 0.490 e. The molecular formula is C29H38FN3O4. The lowest BCUT2D eigenvalue weighted by atomic mass is 9.80. The van der Waals surface area contributed by atoms with E-state index in [1.807, 2.05) is 0 Å². The number of nitrogens with two attached hydrogens (primary N) is 1. The lowest BCUT2D eigenvalue weighted by Crippen LogP contribution is -2.47. The van der Waals surface area contributed by atoms with Gasteiger partial charge in [-0.25, -0.2) is 4.39 Å². The van der Waals surface area contributed by atoms with Crippen molar-refractivity contribution in [3.63, 3.8) is 0 Å². The van der Waals surface area contributed by atoms with Crippen molar-refractivity contribution in [3.8, 4) is 5.75 Å². The van der Waals surface area contributed by atoms with Crippen LogP contribution in [0, 0.1) is 11.7 Å². The lowest BCUT2D eigenvalue weighted by molar-refractivity contribution is -0.123. The fourth-order valence-electron chi connectivity index (χ4n) is 6.24. The summed E-state index contributed by atoms with van der Waals surface area (Å²) in [5.41, 5.74) is 5.23. The highest BCUT2D eigenvalue weighted by molar-refractivity contribution is 5.88. The molecule has 1 aliphatic heterocycles. The van der Waals surface area contributed by atoms with E-state index in [2.05, 4.69) is 5.32 Å². The molecule has 2 saturated carbocycles. The molecule has 5 N–H and O–H groups in total. The summed E-state index contributed by atoms with van der Waals surface area (Å²) in [5.74, 6) is -0.0583. The fourth-order valence-corrected chi connectivity index (χ4v) is 6.24. The topological polar surface area (TPSA) is 118 Å². The van der Waals surface area contributed by atoms with Crippen LogP contribution in [0.15, 0.2) is 30.3 Å². The van der Waals surface area contributed by atoms with Gasteiger partial charge in [0.15, 0.2) is 0 Å². The van der Waals surface area contributed by atoms with Crippen molar-refractivity contribution in [1.29, 1.82) is 0 Å². The Morgan fingerprint density at radius 1 is 1.19 bits per heavy atom. The van der Waals surface area contributed by atoms with E-state index in [9.17, 15) is 19.4 Å². The van der Waals surface area contributed by atoms with Crippen molar-refractivity contribution < 1.29 is 24.1 Å². The second-order valence-electron chi connectivity index (χ2n) is 11.3. The van der Waals surface area contributed by atoms with Gasteiger partial charge in [0, 0.05) is 18.0 Å². The van der Waals surface area contributed by atoms with Gasteiger partial charge in [-0.2, -0.15) is 0 Å². The quantitative estimate of drug-likeness (QED) is 0.401. The zero-order valence-corrected chi connectivity index (χ0v) is 21.5. The van der Waals surface area contributed by atoms with Gasteiger partial charge in [0.2, 0.25) is 5.91 Å². The van der Waals surface area contributed by atoms with Gasteiger partial charge in [0.25, 0.3) is 0 Å². The molecule has 1 aromatic heterocycles. The van der Waals surface area contributed by atoms with Gasteiger partial charge < -0.3 is 20.7 Å². The zero-order chi connectivity index (χ0) is 26.2. The molecule has 2 aliphatic carbocycles. The number of aliphatic hydroxyl groups excluding tert-OH is 1. The first-order valence-electron chi connectivity index (χ1n) is 13.6. The highest BCUT2D eigenvalue weighted by Gasteiger charge is 2.46. The van der Waals surface area contributed by atoms with E-state index in [0.29, 0.717) is 22.6 Å². The number of aliphatic hydroxyl groups is 2. The minimum atomic E-state index is -1.69. The van der Waals surface area contributed by atoms with Gasteiger partial charge in [0.05, 0.1) is 11.4 Å². The summed E-state index contributed by atoms with van der Waals surface area (Å²) in [6.07, 6.45) is 8.47. The Balaban J connectivity index is 1.59. The van der Waals surface area contributed by atoms with E-state index in [-0.39, 0.29) is 25.0 Å². The van der Waals surface area contributed by atoms with Crippen molar-refractivity contribution in [2.75, 3.05) is 13.2 Å². The van der Waals surface area contributed by atoms with Gasteiger partial charge in [0.1, 0.15) is 35.4 Å². The number of nitrogens with zero attached hydrogens (tertiary/aromatic N) is 1. The Bertz CT molecular complexity index is 1130. The maximum Gasteiger partial charge on any atom is 0.231 e. The number of pyridine rings is 1. The molecule has 3 atom stereocenters. The molecule has 1 amide bonds. The molecule has 0 bridgehead atoms. The molecule has 0 radical (unpaired) electrons. The van der Waals surface area contributed by atoms with E-state index < -0.39 is 29.0 Å². The van der Waals surface area contributed by atoms with Crippen molar-refractivity contribution in [2.45, 2.75) is 87.9 Å². The summed E-state index contributed by atoms with van der Waals surface area (Å²) < 4.78 is 19.9. The van der Waals surface area contributed by atoms with Crippen LogP contribution in [-0.4, -0.2) is 40.5 Å². The Kier molecular flexibility index (Phi) is 7.27. The minimum Gasteiger partial charge on any atom is -0.490 e. The summed E-state index contributed by atoms with van der Waals surface area (Å²) in [5, 5.41) is 26.4. The van der Waals surface area contributed by atoms with Gasteiger partial charge in [-0.05, 0) is 62.3 Å². The second-order valence-corrected chi connectivity index (χ2v) is 11.3. The third-order valence-corrected chi connectivity index (χ3v) is 8.79. The molecule has 8 heteroatoms. The Hall–Kier alpha value is -2.55. The molecule has 2 fully saturated rings. The molecule has 0 spiro atoms. The summed E-state index contributed by atoms with van der Waals surface area (Å²) in [6, 6.07) is 7.40. The van der Waals surface area contributed by atoms with Gasteiger partial charge in [-0.1, -0.05) is 44.2 Å². The van der Waals surface area contributed by atoms with Crippen LogP contribution in [0.2, 0.25) is 0 Å². The monoisotopic (exact) mass is 511 g/mol. The van der Waals surface area contributed by atoms with Crippen LogP contribution in [0.1, 0.15) is 93.1 Å². The van der Waals surface area contributed by atoms with E-state index in [4.69, 9.17) is 15.5 Å².